The summed E-state index contributed by atoms with van der Waals surface area (Å²) in [5, 5.41) is 20.2. The van der Waals surface area contributed by atoms with Crippen molar-refractivity contribution in [2.45, 2.75) is 55.8 Å². The zero-order valence-corrected chi connectivity index (χ0v) is 26.2. The second-order valence-electron chi connectivity index (χ2n) is 11.2. The van der Waals surface area contributed by atoms with Gasteiger partial charge in [0.1, 0.15) is 29.2 Å². The van der Waals surface area contributed by atoms with Crippen LogP contribution in [-0.4, -0.2) is 40.8 Å². The number of aromatic nitrogens is 2. The van der Waals surface area contributed by atoms with Gasteiger partial charge in [0, 0.05) is 30.4 Å². The number of benzene rings is 4. The summed E-state index contributed by atoms with van der Waals surface area (Å²) in [6, 6.07) is 27.8. The van der Waals surface area contributed by atoms with Gasteiger partial charge < -0.3 is 25.6 Å². The summed E-state index contributed by atoms with van der Waals surface area (Å²) in [5.74, 6) is 1.69. The summed E-state index contributed by atoms with van der Waals surface area (Å²) in [7, 11) is 0. The molecule has 4 aromatic carbocycles. The average molecular weight is 644 g/mol. The van der Waals surface area contributed by atoms with Crippen molar-refractivity contribution in [3.63, 3.8) is 0 Å². The Kier molecular flexibility index (Phi) is 10.5. The molecule has 5 N–H and O–H groups in total. The lowest BCUT2D eigenvalue weighted by atomic mass is 10.0. The molecule has 3 atom stereocenters. The standard InChI is InChI=1S/C24H24N4O4S.C10H13NO2/c1-16(17-6-3-2-4-7-17)25-15-20-13-11-18-10-12-19(14-22(18)29-20)26-31-32-33-23-9-5-8-21-24(23)28-30-27-21;11-8-3-1-7-2-4-9(6-12)13-10(7)5-8/h2-10,12,14,16,20,25-26H,11,13,15H2,1H3;1,3,5,9,12H,2,4,6,11H2/t16-,20?;/m0./s1. The van der Waals surface area contributed by atoms with E-state index in [0.29, 0.717) is 16.7 Å². The molecule has 0 aliphatic carbocycles. The van der Waals surface area contributed by atoms with E-state index in [0.717, 1.165) is 66.4 Å². The van der Waals surface area contributed by atoms with Gasteiger partial charge in [0.2, 0.25) is 0 Å². The largest absolute Gasteiger partial charge is 0.489 e. The molecule has 0 fully saturated rings. The van der Waals surface area contributed by atoms with Gasteiger partial charge in [-0.25, -0.2) is 10.1 Å². The lowest BCUT2D eigenvalue weighted by Gasteiger charge is -2.28. The summed E-state index contributed by atoms with van der Waals surface area (Å²) in [4.78, 5) is 5.90. The van der Waals surface area contributed by atoms with Crippen LogP contribution in [0.1, 0.15) is 42.5 Å². The van der Waals surface area contributed by atoms with Gasteiger partial charge in [-0.15, -0.1) is 9.32 Å². The fraction of sp³-hybridized carbons (Fsp3) is 0.294. The number of rotatable bonds is 10. The number of aryl methyl sites for hydroxylation is 2. The second kappa shape index (κ2) is 15.3. The molecule has 7 rings (SSSR count). The molecular weight excluding hydrogens is 606 g/mol. The van der Waals surface area contributed by atoms with Crippen molar-refractivity contribution < 1.29 is 28.5 Å². The maximum absolute atomic E-state index is 8.93. The number of ether oxygens (including phenoxy) is 2. The lowest BCUT2D eigenvalue weighted by molar-refractivity contribution is -0.161. The van der Waals surface area contributed by atoms with E-state index in [1.165, 1.54) is 16.7 Å². The summed E-state index contributed by atoms with van der Waals surface area (Å²) >= 11 is 1.02. The molecule has 11 nitrogen and oxygen atoms in total. The van der Waals surface area contributed by atoms with Gasteiger partial charge in [0.25, 0.3) is 0 Å². The molecule has 0 saturated heterocycles. The molecule has 2 aliphatic heterocycles. The van der Waals surface area contributed by atoms with Gasteiger partial charge in [-0.05, 0) is 83.9 Å². The zero-order valence-electron chi connectivity index (χ0n) is 25.4. The van der Waals surface area contributed by atoms with Crippen LogP contribution in [0.5, 0.6) is 11.5 Å². The number of hydrogen-bond acceptors (Lipinski definition) is 12. The molecule has 0 spiro atoms. The van der Waals surface area contributed by atoms with Crippen LogP contribution < -0.4 is 26.0 Å². The fourth-order valence-corrected chi connectivity index (χ4v) is 5.84. The van der Waals surface area contributed by atoms with E-state index in [1.54, 1.807) is 0 Å². The molecule has 5 aromatic rings. The van der Waals surface area contributed by atoms with Crippen LogP contribution in [-0.2, 0) is 22.2 Å². The molecule has 2 unspecified atom stereocenters. The van der Waals surface area contributed by atoms with Crippen molar-refractivity contribution in [3.05, 3.63) is 102 Å². The molecule has 240 valence electrons. The van der Waals surface area contributed by atoms with Crippen LogP contribution in [0.2, 0.25) is 0 Å². The van der Waals surface area contributed by atoms with Crippen LogP contribution in [0.25, 0.3) is 11.0 Å². The van der Waals surface area contributed by atoms with Crippen LogP contribution >= 0.6 is 12.0 Å². The summed E-state index contributed by atoms with van der Waals surface area (Å²) < 4.78 is 21.7. The van der Waals surface area contributed by atoms with E-state index in [1.807, 2.05) is 60.7 Å². The normalized spacial score (nSPS) is 17.4. The minimum absolute atomic E-state index is 0.0608. The summed E-state index contributed by atoms with van der Waals surface area (Å²) in [6.07, 6.45) is 3.85. The smallest absolute Gasteiger partial charge is 0.151 e. The van der Waals surface area contributed by atoms with Crippen LogP contribution in [0.4, 0.5) is 11.4 Å². The number of fused-ring (bicyclic) bond motifs is 3. The molecule has 1 aromatic heterocycles. The highest BCUT2D eigenvalue weighted by molar-refractivity contribution is 7.94. The van der Waals surface area contributed by atoms with E-state index in [9.17, 15) is 0 Å². The van der Waals surface area contributed by atoms with E-state index in [2.05, 4.69) is 52.3 Å². The first kappa shape index (κ1) is 31.6. The number of aliphatic hydroxyl groups excluding tert-OH is 1. The maximum atomic E-state index is 8.93. The third-order valence-electron chi connectivity index (χ3n) is 7.94. The number of nitrogens with one attached hydrogen (secondary N) is 2. The van der Waals surface area contributed by atoms with Crippen molar-refractivity contribution in [2.75, 3.05) is 24.4 Å². The Balaban J connectivity index is 0.000000238. The van der Waals surface area contributed by atoms with Crippen LogP contribution in [0.15, 0.2) is 94.5 Å². The van der Waals surface area contributed by atoms with Crippen LogP contribution in [0.3, 0.4) is 0 Å². The highest BCUT2D eigenvalue weighted by Gasteiger charge is 2.21. The Morgan fingerprint density at radius 3 is 2.50 bits per heavy atom. The fourth-order valence-electron chi connectivity index (χ4n) is 5.34. The molecular formula is C34H37N5O6S. The monoisotopic (exact) mass is 643 g/mol. The first-order chi connectivity index (χ1) is 22.6. The number of anilines is 2. The second-order valence-corrected chi connectivity index (χ2v) is 11.9. The van der Waals surface area contributed by atoms with Gasteiger partial charge in [0.05, 0.1) is 29.2 Å². The number of nitrogens with zero attached hydrogens (tertiary/aromatic N) is 2. The minimum atomic E-state index is -0.0608. The molecule has 0 amide bonds. The summed E-state index contributed by atoms with van der Waals surface area (Å²) in [5.41, 5.74) is 14.8. The quantitative estimate of drug-likeness (QED) is 0.0452. The number of nitrogen functional groups attached to an aromatic ring is 1. The van der Waals surface area contributed by atoms with Crippen LogP contribution in [0, 0.1) is 0 Å². The third-order valence-corrected chi connectivity index (χ3v) is 8.58. The number of aliphatic hydroxyl groups is 1. The van der Waals surface area contributed by atoms with Gasteiger partial charge in [-0.3, -0.25) is 0 Å². The molecule has 0 bridgehead atoms. The first-order valence-corrected chi connectivity index (χ1v) is 16.0. The Morgan fingerprint density at radius 1 is 0.913 bits per heavy atom. The molecule has 3 heterocycles. The van der Waals surface area contributed by atoms with Gasteiger partial charge in [-0.2, -0.15) is 0 Å². The maximum Gasteiger partial charge on any atom is 0.151 e. The number of hydrogen-bond donors (Lipinski definition) is 4. The average Bonchev–Trinajstić information content (AvgIpc) is 3.59. The van der Waals surface area contributed by atoms with Crippen molar-refractivity contribution in [2.24, 2.45) is 0 Å². The Labute approximate surface area is 271 Å². The topological polar surface area (TPSA) is 146 Å². The predicted molar refractivity (Wildman–Crippen MR) is 176 cm³/mol. The highest BCUT2D eigenvalue weighted by Crippen LogP contribution is 2.32. The first-order valence-electron chi connectivity index (χ1n) is 15.3. The van der Waals surface area contributed by atoms with Crippen molar-refractivity contribution in [1.82, 2.24) is 15.6 Å². The summed E-state index contributed by atoms with van der Waals surface area (Å²) in [6.45, 7) is 3.03. The van der Waals surface area contributed by atoms with Gasteiger partial charge >= 0.3 is 0 Å². The Bertz CT molecular complexity index is 1720. The SMILES string of the molecule is C[C@H](NCC1CCc2ccc(NOOSc3cccc4nonc34)cc2O1)c1ccccc1.Nc1ccc2c(c1)OC(CO)CC2. The van der Waals surface area contributed by atoms with E-state index in [4.69, 9.17) is 34.3 Å². The van der Waals surface area contributed by atoms with Crippen molar-refractivity contribution in [1.29, 1.82) is 0 Å². The molecule has 0 saturated carbocycles. The van der Waals surface area contributed by atoms with E-state index < -0.39 is 0 Å². The molecule has 0 radical (unpaired) electrons. The van der Waals surface area contributed by atoms with Crippen molar-refractivity contribution >= 4 is 34.5 Å². The van der Waals surface area contributed by atoms with Crippen molar-refractivity contribution in [3.8, 4) is 11.5 Å². The van der Waals surface area contributed by atoms with Gasteiger partial charge in [-0.1, -0.05) is 48.5 Å². The molecule has 12 heteroatoms. The highest BCUT2D eigenvalue weighted by atomic mass is 32.2. The number of nitrogens with two attached hydrogens (primary N) is 1. The minimum Gasteiger partial charge on any atom is -0.489 e. The van der Waals surface area contributed by atoms with Gasteiger partial charge in [0.15, 0.2) is 5.52 Å². The molecule has 46 heavy (non-hydrogen) atoms. The third kappa shape index (κ3) is 8.08. The van der Waals surface area contributed by atoms with E-state index in [-0.39, 0.29) is 24.9 Å². The Morgan fingerprint density at radius 2 is 1.67 bits per heavy atom. The Hall–Kier alpha value is -4.33. The lowest BCUT2D eigenvalue weighted by Crippen LogP contribution is -2.35. The van der Waals surface area contributed by atoms with E-state index >= 15 is 0 Å². The molecule has 2 aliphatic rings. The predicted octanol–water partition coefficient (Wildman–Crippen LogP) is 6.20. The zero-order chi connectivity index (χ0) is 31.7.